The van der Waals surface area contributed by atoms with Crippen LogP contribution in [0.4, 0.5) is 5.69 Å². The average molecular weight is 240 g/mol. The molecule has 0 saturated heterocycles. The van der Waals surface area contributed by atoms with E-state index in [1.807, 2.05) is 0 Å². The fourth-order valence-corrected chi connectivity index (χ4v) is 2.03. The van der Waals surface area contributed by atoms with Gasteiger partial charge < -0.3 is 10.0 Å². The second kappa shape index (κ2) is 4.14. The maximum absolute atomic E-state index is 11.6. The van der Waals surface area contributed by atoms with Crippen molar-refractivity contribution in [3.8, 4) is 0 Å². The maximum Gasteiger partial charge on any atom is 0.323 e. The van der Waals surface area contributed by atoms with E-state index in [1.54, 1.807) is 18.2 Å². The highest BCUT2D eigenvalue weighted by Gasteiger charge is 2.25. The van der Waals surface area contributed by atoms with Crippen molar-refractivity contribution in [2.24, 2.45) is 0 Å². The van der Waals surface area contributed by atoms with Crippen LogP contribution in [0.2, 0.25) is 5.02 Å². The summed E-state index contributed by atoms with van der Waals surface area (Å²) in [6.45, 7) is -0.298. The minimum Gasteiger partial charge on any atom is -0.480 e. The zero-order valence-electron chi connectivity index (χ0n) is 8.44. The predicted molar refractivity (Wildman–Crippen MR) is 59.8 cm³/mol. The molecule has 1 aliphatic heterocycles. The Morgan fingerprint density at radius 3 is 2.88 bits per heavy atom. The third kappa shape index (κ3) is 2.02. The zero-order valence-corrected chi connectivity index (χ0v) is 9.20. The molecule has 84 valence electrons. The van der Waals surface area contributed by atoms with Crippen LogP contribution in [0.3, 0.4) is 0 Å². The summed E-state index contributed by atoms with van der Waals surface area (Å²) in [6, 6.07) is 5.13. The molecule has 1 N–H and O–H groups in total. The van der Waals surface area contributed by atoms with E-state index in [-0.39, 0.29) is 12.5 Å². The quantitative estimate of drug-likeness (QED) is 0.855. The van der Waals surface area contributed by atoms with Crippen LogP contribution >= 0.6 is 11.6 Å². The Balaban J connectivity index is 2.40. The molecule has 0 saturated carbocycles. The van der Waals surface area contributed by atoms with E-state index in [2.05, 4.69) is 0 Å². The van der Waals surface area contributed by atoms with Crippen molar-refractivity contribution >= 4 is 29.2 Å². The third-order valence-electron chi connectivity index (χ3n) is 2.53. The lowest BCUT2D eigenvalue weighted by atomic mass is 10.0. The van der Waals surface area contributed by atoms with Crippen molar-refractivity contribution in [1.29, 1.82) is 0 Å². The number of rotatable bonds is 2. The Labute approximate surface area is 97.4 Å². The second-order valence-corrected chi connectivity index (χ2v) is 4.08. The fraction of sp³-hybridized carbons (Fsp3) is 0.273. The molecule has 1 aromatic carbocycles. The van der Waals surface area contributed by atoms with Crippen molar-refractivity contribution in [3.63, 3.8) is 0 Å². The third-order valence-corrected chi connectivity index (χ3v) is 2.77. The monoisotopic (exact) mass is 239 g/mol. The first-order valence-electron chi connectivity index (χ1n) is 4.88. The summed E-state index contributed by atoms with van der Waals surface area (Å²) in [5.41, 5.74) is 1.58. The Morgan fingerprint density at radius 1 is 1.44 bits per heavy atom. The maximum atomic E-state index is 11.6. The molecule has 1 aromatic rings. The smallest absolute Gasteiger partial charge is 0.323 e. The molecule has 16 heavy (non-hydrogen) atoms. The topological polar surface area (TPSA) is 57.6 Å². The molecule has 0 unspecified atom stereocenters. The first kappa shape index (κ1) is 11.0. The minimum absolute atomic E-state index is 0.155. The van der Waals surface area contributed by atoms with Gasteiger partial charge in [-0.25, -0.2) is 0 Å². The molecule has 0 aliphatic carbocycles. The number of benzene rings is 1. The molecule has 0 spiro atoms. The highest BCUT2D eigenvalue weighted by Crippen LogP contribution is 2.29. The number of carboxylic acid groups (broad SMARTS) is 1. The molecule has 5 heteroatoms. The van der Waals surface area contributed by atoms with E-state index in [1.165, 1.54) is 4.90 Å². The normalized spacial score (nSPS) is 14.8. The van der Waals surface area contributed by atoms with Gasteiger partial charge in [-0.05, 0) is 30.2 Å². The van der Waals surface area contributed by atoms with Crippen LogP contribution in [0.1, 0.15) is 12.0 Å². The van der Waals surface area contributed by atoms with Crippen molar-refractivity contribution < 1.29 is 14.7 Å². The Bertz CT molecular complexity index is 459. The average Bonchev–Trinajstić information content (AvgIpc) is 2.22. The number of carbonyl (C=O) groups is 2. The lowest BCUT2D eigenvalue weighted by Gasteiger charge is -2.28. The summed E-state index contributed by atoms with van der Waals surface area (Å²) >= 11 is 5.85. The Morgan fingerprint density at radius 2 is 2.19 bits per heavy atom. The minimum atomic E-state index is -1.02. The number of hydrogen-bond acceptors (Lipinski definition) is 2. The lowest BCUT2D eigenvalue weighted by Crippen LogP contribution is -2.38. The number of halogens is 1. The Hall–Kier alpha value is -1.55. The summed E-state index contributed by atoms with van der Waals surface area (Å²) in [6.07, 6.45) is 0.950. The number of carbonyl (C=O) groups excluding carboxylic acids is 1. The first-order chi connectivity index (χ1) is 7.58. The van der Waals surface area contributed by atoms with Crippen LogP contribution in [0.5, 0.6) is 0 Å². The molecule has 1 aliphatic rings. The van der Waals surface area contributed by atoms with Gasteiger partial charge in [0.1, 0.15) is 6.54 Å². The molecule has 1 heterocycles. The van der Waals surface area contributed by atoms with Gasteiger partial charge in [0.25, 0.3) is 0 Å². The predicted octanol–water partition coefficient (Wildman–Crippen LogP) is 1.70. The highest BCUT2D eigenvalue weighted by atomic mass is 35.5. The van der Waals surface area contributed by atoms with Crippen LogP contribution in [-0.4, -0.2) is 23.5 Å². The summed E-state index contributed by atoms with van der Waals surface area (Å²) in [4.78, 5) is 23.6. The molecule has 0 fully saturated rings. The van der Waals surface area contributed by atoms with E-state index >= 15 is 0 Å². The Kier molecular flexibility index (Phi) is 2.83. The highest BCUT2D eigenvalue weighted by molar-refractivity contribution is 6.30. The largest absolute Gasteiger partial charge is 0.480 e. The first-order valence-corrected chi connectivity index (χ1v) is 5.26. The summed E-state index contributed by atoms with van der Waals surface area (Å²) in [5, 5.41) is 9.34. The van der Waals surface area contributed by atoms with Gasteiger partial charge in [0.2, 0.25) is 5.91 Å². The van der Waals surface area contributed by atoms with Gasteiger partial charge in [-0.15, -0.1) is 0 Å². The summed E-state index contributed by atoms with van der Waals surface area (Å²) in [7, 11) is 0. The van der Waals surface area contributed by atoms with Gasteiger partial charge in [0, 0.05) is 17.1 Å². The van der Waals surface area contributed by atoms with E-state index in [4.69, 9.17) is 16.7 Å². The van der Waals surface area contributed by atoms with Gasteiger partial charge in [-0.1, -0.05) is 11.6 Å². The number of aliphatic carboxylic acids is 1. The number of nitrogens with zero attached hydrogens (tertiary/aromatic N) is 1. The molecule has 2 rings (SSSR count). The van der Waals surface area contributed by atoms with Crippen LogP contribution in [0.15, 0.2) is 18.2 Å². The fourth-order valence-electron chi connectivity index (χ4n) is 1.84. The lowest BCUT2D eigenvalue weighted by molar-refractivity contribution is -0.136. The molecule has 0 atom stereocenters. The molecule has 0 bridgehead atoms. The standard InChI is InChI=1S/C11H10ClNO3/c12-8-2-3-9-7(5-8)1-4-10(14)13(9)6-11(15)16/h2-3,5H,1,4,6H2,(H,15,16). The number of hydrogen-bond donors (Lipinski definition) is 1. The summed E-state index contributed by atoms with van der Waals surface area (Å²) < 4.78 is 0. The zero-order chi connectivity index (χ0) is 11.7. The second-order valence-electron chi connectivity index (χ2n) is 3.65. The van der Waals surface area contributed by atoms with Gasteiger partial charge in [0.15, 0.2) is 0 Å². The SMILES string of the molecule is O=C(O)CN1C(=O)CCc2cc(Cl)ccc21. The molecular weight excluding hydrogens is 230 g/mol. The molecule has 0 aromatic heterocycles. The van der Waals surface area contributed by atoms with E-state index in [9.17, 15) is 9.59 Å². The molecule has 0 radical (unpaired) electrons. The van der Waals surface area contributed by atoms with Crippen LogP contribution in [-0.2, 0) is 16.0 Å². The molecule has 4 nitrogen and oxygen atoms in total. The number of aryl methyl sites for hydroxylation is 1. The van der Waals surface area contributed by atoms with Crippen molar-refractivity contribution in [2.45, 2.75) is 12.8 Å². The van der Waals surface area contributed by atoms with Gasteiger partial charge in [-0.2, -0.15) is 0 Å². The van der Waals surface area contributed by atoms with Gasteiger partial charge >= 0.3 is 5.97 Å². The number of carboxylic acids is 1. The van der Waals surface area contributed by atoms with Crippen molar-refractivity contribution in [2.75, 3.05) is 11.4 Å². The molecule has 1 amide bonds. The number of fused-ring (bicyclic) bond motifs is 1. The van der Waals surface area contributed by atoms with Crippen LogP contribution in [0, 0.1) is 0 Å². The van der Waals surface area contributed by atoms with E-state index < -0.39 is 5.97 Å². The van der Waals surface area contributed by atoms with E-state index in [0.29, 0.717) is 23.6 Å². The van der Waals surface area contributed by atoms with Crippen LogP contribution in [0.25, 0.3) is 0 Å². The summed E-state index contributed by atoms with van der Waals surface area (Å²) in [5.74, 6) is -1.17. The van der Waals surface area contributed by atoms with Gasteiger partial charge in [-0.3, -0.25) is 9.59 Å². The van der Waals surface area contributed by atoms with Crippen molar-refractivity contribution in [3.05, 3.63) is 28.8 Å². The van der Waals surface area contributed by atoms with Crippen molar-refractivity contribution in [1.82, 2.24) is 0 Å². The molecular formula is C11H10ClNO3. The van der Waals surface area contributed by atoms with E-state index in [0.717, 1.165) is 5.56 Å². The van der Waals surface area contributed by atoms with Crippen LogP contribution < -0.4 is 4.90 Å². The van der Waals surface area contributed by atoms with Gasteiger partial charge in [0.05, 0.1) is 0 Å². The number of amides is 1. The number of anilines is 1.